The normalized spacial score (nSPS) is 26.5. The summed E-state index contributed by atoms with van der Waals surface area (Å²) in [5, 5.41) is 9.21. The van der Waals surface area contributed by atoms with Crippen LogP contribution >= 0.6 is 0 Å². The molecule has 3 rings (SSSR count). The summed E-state index contributed by atoms with van der Waals surface area (Å²) in [6.07, 6.45) is 3.34. The van der Waals surface area contributed by atoms with Crippen molar-refractivity contribution in [2.75, 3.05) is 13.2 Å². The molecule has 0 aromatic heterocycles. The van der Waals surface area contributed by atoms with Crippen LogP contribution in [0.1, 0.15) is 31.2 Å². The van der Waals surface area contributed by atoms with Crippen molar-refractivity contribution >= 4 is 11.9 Å². The van der Waals surface area contributed by atoms with Crippen LogP contribution in [0.3, 0.4) is 0 Å². The number of nitrogens with zero attached hydrogens (tertiary/aromatic N) is 1. The quantitative estimate of drug-likeness (QED) is 0.874. The Kier molecular flexibility index (Phi) is 4.96. The molecule has 1 saturated carbocycles. The summed E-state index contributed by atoms with van der Waals surface area (Å²) in [5.41, 5.74) is 1.06. The molecular weight excluding hydrogens is 294 g/mol. The lowest BCUT2D eigenvalue weighted by Crippen LogP contribution is -2.47. The Bertz CT molecular complexity index is 553. The van der Waals surface area contributed by atoms with Crippen molar-refractivity contribution < 1.29 is 19.4 Å². The Balaban J connectivity index is 1.71. The monoisotopic (exact) mass is 317 g/mol. The van der Waals surface area contributed by atoms with Gasteiger partial charge in [-0.25, -0.2) is 0 Å². The minimum Gasteiger partial charge on any atom is -0.481 e. The molecule has 1 aromatic carbocycles. The number of carbonyl (C=O) groups is 2. The molecule has 5 nitrogen and oxygen atoms in total. The van der Waals surface area contributed by atoms with Gasteiger partial charge in [0.2, 0.25) is 5.91 Å². The van der Waals surface area contributed by atoms with Gasteiger partial charge < -0.3 is 14.7 Å². The molecule has 1 amide bonds. The van der Waals surface area contributed by atoms with Crippen LogP contribution in [0.25, 0.3) is 0 Å². The first kappa shape index (κ1) is 16.0. The van der Waals surface area contributed by atoms with E-state index in [9.17, 15) is 14.7 Å². The molecule has 1 N–H and O–H groups in total. The predicted molar refractivity (Wildman–Crippen MR) is 84.7 cm³/mol. The van der Waals surface area contributed by atoms with Gasteiger partial charge in [-0.15, -0.1) is 0 Å². The molecule has 1 aliphatic heterocycles. The van der Waals surface area contributed by atoms with Crippen LogP contribution in [0.5, 0.6) is 0 Å². The Morgan fingerprint density at radius 3 is 2.43 bits per heavy atom. The van der Waals surface area contributed by atoms with Gasteiger partial charge in [0.25, 0.3) is 0 Å². The number of rotatable bonds is 6. The zero-order valence-corrected chi connectivity index (χ0v) is 13.2. The van der Waals surface area contributed by atoms with Crippen LogP contribution in [-0.4, -0.2) is 41.1 Å². The van der Waals surface area contributed by atoms with E-state index in [1.807, 2.05) is 30.3 Å². The molecule has 0 radical (unpaired) electrons. The summed E-state index contributed by atoms with van der Waals surface area (Å²) < 4.78 is 5.67. The van der Waals surface area contributed by atoms with E-state index in [-0.39, 0.29) is 17.9 Å². The van der Waals surface area contributed by atoms with Crippen molar-refractivity contribution in [3.05, 3.63) is 35.9 Å². The molecular formula is C18H23NO4. The Morgan fingerprint density at radius 2 is 1.87 bits per heavy atom. The molecule has 1 aliphatic carbocycles. The lowest BCUT2D eigenvalue weighted by molar-refractivity contribution is -0.157. The Morgan fingerprint density at radius 1 is 1.13 bits per heavy atom. The third-order valence-electron chi connectivity index (χ3n) is 4.88. The lowest BCUT2D eigenvalue weighted by atomic mass is 9.73. The summed E-state index contributed by atoms with van der Waals surface area (Å²) in [7, 11) is 0. The van der Waals surface area contributed by atoms with Gasteiger partial charge in [-0.1, -0.05) is 30.3 Å². The topological polar surface area (TPSA) is 66.8 Å². The highest BCUT2D eigenvalue weighted by Gasteiger charge is 2.43. The number of aliphatic carboxylic acids is 1. The third kappa shape index (κ3) is 3.72. The summed E-state index contributed by atoms with van der Waals surface area (Å²) in [6, 6.07) is 9.83. The number of carboxylic acid groups (broad SMARTS) is 1. The molecule has 2 fully saturated rings. The van der Waals surface area contributed by atoms with Crippen LogP contribution < -0.4 is 0 Å². The standard InChI is InChI=1S/C18H23NO4/c20-17(15-8-9-16(15)18(21)22)19(12-14-7-4-10-23-14)11-13-5-2-1-3-6-13/h1-3,5-6,14-16H,4,7-12H2,(H,21,22). The summed E-state index contributed by atoms with van der Waals surface area (Å²) in [5.74, 6) is -1.79. The van der Waals surface area contributed by atoms with Crippen molar-refractivity contribution in [3.63, 3.8) is 0 Å². The maximum absolute atomic E-state index is 12.8. The van der Waals surface area contributed by atoms with E-state index in [4.69, 9.17) is 4.74 Å². The Labute approximate surface area is 136 Å². The Hall–Kier alpha value is -1.88. The van der Waals surface area contributed by atoms with E-state index in [1.165, 1.54) is 0 Å². The average molecular weight is 317 g/mol. The highest BCUT2D eigenvalue weighted by atomic mass is 16.5. The van der Waals surface area contributed by atoms with Gasteiger partial charge >= 0.3 is 5.97 Å². The fraction of sp³-hybridized carbons (Fsp3) is 0.556. The first-order chi connectivity index (χ1) is 11.1. The van der Waals surface area contributed by atoms with Gasteiger partial charge in [0.15, 0.2) is 0 Å². The smallest absolute Gasteiger partial charge is 0.307 e. The first-order valence-electron chi connectivity index (χ1n) is 8.32. The molecule has 5 heteroatoms. The zero-order valence-electron chi connectivity index (χ0n) is 13.2. The van der Waals surface area contributed by atoms with Crippen LogP contribution in [0.4, 0.5) is 0 Å². The minimum absolute atomic E-state index is 0.0389. The molecule has 0 bridgehead atoms. The second-order valence-corrected chi connectivity index (χ2v) is 6.47. The number of benzene rings is 1. The molecule has 3 atom stereocenters. The van der Waals surface area contributed by atoms with Crippen molar-refractivity contribution in [2.45, 2.75) is 38.3 Å². The van der Waals surface area contributed by atoms with Gasteiger partial charge in [-0.05, 0) is 31.2 Å². The number of carbonyl (C=O) groups excluding carboxylic acids is 1. The predicted octanol–water partition coefficient (Wildman–Crippen LogP) is 2.31. The van der Waals surface area contributed by atoms with Crippen molar-refractivity contribution in [2.24, 2.45) is 11.8 Å². The second-order valence-electron chi connectivity index (χ2n) is 6.47. The zero-order chi connectivity index (χ0) is 16.2. The molecule has 1 saturated heterocycles. The molecule has 3 unspecified atom stereocenters. The fourth-order valence-electron chi connectivity index (χ4n) is 3.40. The van der Waals surface area contributed by atoms with Gasteiger partial charge in [0.05, 0.1) is 17.9 Å². The first-order valence-corrected chi connectivity index (χ1v) is 8.32. The van der Waals surface area contributed by atoms with Crippen LogP contribution in [0.15, 0.2) is 30.3 Å². The van der Waals surface area contributed by atoms with E-state index in [0.29, 0.717) is 25.9 Å². The summed E-state index contributed by atoms with van der Waals surface area (Å²) >= 11 is 0. The summed E-state index contributed by atoms with van der Waals surface area (Å²) in [4.78, 5) is 25.9. The van der Waals surface area contributed by atoms with E-state index in [0.717, 1.165) is 25.0 Å². The molecule has 1 aromatic rings. The number of hydrogen-bond acceptors (Lipinski definition) is 3. The van der Waals surface area contributed by atoms with E-state index < -0.39 is 11.9 Å². The van der Waals surface area contributed by atoms with E-state index in [2.05, 4.69) is 0 Å². The van der Waals surface area contributed by atoms with Crippen molar-refractivity contribution in [1.82, 2.24) is 4.90 Å². The highest BCUT2D eigenvalue weighted by molar-refractivity contribution is 5.86. The third-order valence-corrected chi connectivity index (χ3v) is 4.88. The number of hydrogen-bond donors (Lipinski definition) is 1. The average Bonchev–Trinajstić information content (AvgIpc) is 2.99. The lowest BCUT2D eigenvalue weighted by Gasteiger charge is -2.37. The van der Waals surface area contributed by atoms with Crippen molar-refractivity contribution in [1.29, 1.82) is 0 Å². The van der Waals surface area contributed by atoms with Gasteiger partial charge in [0, 0.05) is 19.7 Å². The second kappa shape index (κ2) is 7.13. The molecule has 2 aliphatic rings. The van der Waals surface area contributed by atoms with Crippen LogP contribution in [0, 0.1) is 11.8 Å². The van der Waals surface area contributed by atoms with Crippen LogP contribution in [-0.2, 0) is 20.9 Å². The maximum Gasteiger partial charge on any atom is 0.307 e. The molecule has 23 heavy (non-hydrogen) atoms. The van der Waals surface area contributed by atoms with E-state index >= 15 is 0 Å². The molecule has 0 spiro atoms. The summed E-state index contributed by atoms with van der Waals surface area (Å²) in [6.45, 7) is 1.82. The number of amides is 1. The maximum atomic E-state index is 12.8. The molecule has 124 valence electrons. The van der Waals surface area contributed by atoms with Crippen LogP contribution in [0.2, 0.25) is 0 Å². The van der Waals surface area contributed by atoms with Gasteiger partial charge in [-0.2, -0.15) is 0 Å². The van der Waals surface area contributed by atoms with E-state index in [1.54, 1.807) is 4.90 Å². The SMILES string of the molecule is O=C(O)C1CCC1C(=O)N(Cc1ccccc1)CC1CCCO1. The minimum atomic E-state index is -0.855. The number of carboxylic acids is 1. The molecule has 1 heterocycles. The fourth-order valence-corrected chi connectivity index (χ4v) is 3.40. The highest BCUT2D eigenvalue weighted by Crippen LogP contribution is 2.36. The van der Waals surface area contributed by atoms with Gasteiger partial charge in [-0.3, -0.25) is 9.59 Å². The largest absolute Gasteiger partial charge is 0.481 e. The van der Waals surface area contributed by atoms with Crippen molar-refractivity contribution in [3.8, 4) is 0 Å². The van der Waals surface area contributed by atoms with Gasteiger partial charge in [0.1, 0.15) is 0 Å². The number of ether oxygens (including phenoxy) is 1.